The van der Waals surface area contributed by atoms with E-state index in [2.05, 4.69) is 41.3 Å². The van der Waals surface area contributed by atoms with Crippen LogP contribution < -0.4 is 5.32 Å². The van der Waals surface area contributed by atoms with E-state index in [0.717, 1.165) is 43.7 Å². The van der Waals surface area contributed by atoms with Gasteiger partial charge in [0.05, 0.1) is 23.5 Å². The summed E-state index contributed by atoms with van der Waals surface area (Å²) in [6.07, 6.45) is 4.29. The van der Waals surface area contributed by atoms with Gasteiger partial charge >= 0.3 is 0 Å². The molecule has 0 aliphatic carbocycles. The zero-order chi connectivity index (χ0) is 13.0. The maximum atomic E-state index is 5.65. The second-order valence-electron chi connectivity index (χ2n) is 4.72. The number of aromatic nitrogens is 3. The lowest BCUT2D eigenvalue weighted by Crippen LogP contribution is -2.31. The molecule has 1 aromatic rings. The Labute approximate surface area is 108 Å². The van der Waals surface area contributed by atoms with Gasteiger partial charge in [0, 0.05) is 6.61 Å². The first-order valence-electron chi connectivity index (χ1n) is 6.85. The Bertz CT molecular complexity index is 391. The van der Waals surface area contributed by atoms with Crippen LogP contribution in [0.25, 0.3) is 0 Å². The summed E-state index contributed by atoms with van der Waals surface area (Å²) in [4.78, 5) is 4.53. The lowest BCUT2D eigenvalue weighted by atomic mass is 10.1. The van der Waals surface area contributed by atoms with Crippen molar-refractivity contribution in [3.63, 3.8) is 0 Å². The molecule has 5 heteroatoms. The molecule has 0 bridgehead atoms. The van der Waals surface area contributed by atoms with Crippen molar-refractivity contribution in [3.8, 4) is 0 Å². The Morgan fingerprint density at radius 2 is 2.06 bits per heavy atom. The molecular formula is C13H22N4O. The summed E-state index contributed by atoms with van der Waals surface area (Å²) in [5.41, 5.74) is 2.03. The van der Waals surface area contributed by atoms with Crippen molar-refractivity contribution in [1.82, 2.24) is 15.2 Å². The molecule has 2 rings (SSSR count). The van der Waals surface area contributed by atoms with Crippen LogP contribution >= 0.6 is 0 Å². The zero-order valence-corrected chi connectivity index (χ0v) is 11.4. The monoisotopic (exact) mass is 250 g/mol. The van der Waals surface area contributed by atoms with Gasteiger partial charge in [-0.3, -0.25) is 0 Å². The minimum absolute atomic E-state index is 0.228. The topological polar surface area (TPSA) is 59.9 Å². The molecule has 1 aliphatic heterocycles. The molecule has 18 heavy (non-hydrogen) atoms. The van der Waals surface area contributed by atoms with Crippen molar-refractivity contribution >= 4 is 5.95 Å². The Morgan fingerprint density at radius 3 is 2.67 bits per heavy atom. The molecule has 1 aromatic heterocycles. The standard InChI is InChI=1S/C13H22N4O/c1-4-10-11(5-2)16-17-13(15-10)14-9(3)12-7-6-8-18-12/h9,12H,4-8H2,1-3H3,(H,14,15,17). The third-order valence-electron chi connectivity index (χ3n) is 3.39. The molecule has 0 saturated carbocycles. The molecule has 0 radical (unpaired) electrons. The molecule has 100 valence electrons. The molecule has 1 N–H and O–H groups in total. The molecule has 2 heterocycles. The maximum absolute atomic E-state index is 5.65. The van der Waals surface area contributed by atoms with Gasteiger partial charge in [0.1, 0.15) is 0 Å². The van der Waals surface area contributed by atoms with Gasteiger partial charge in [-0.2, -0.15) is 5.10 Å². The first-order chi connectivity index (χ1) is 8.74. The number of nitrogens with zero attached hydrogens (tertiary/aromatic N) is 3. The average Bonchev–Trinajstić information content (AvgIpc) is 2.92. The Balaban J connectivity index is 2.04. The highest BCUT2D eigenvalue weighted by atomic mass is 16.5. The summed E-state index contributed by atoms with van der Waals surface area (Å²) < 4.78 is 5.65. The van der Waals surface area contributed by atoms with E-state index in [1.807, 2.05) is 0 Å². The number of hydrogen-bond acceptors (Lipinski definition) is 5. The number of rotatable bonds is 5. The number of anilines is 1. The lowest BCUT2D eigenvalue weighted by Gasteiger charge is -2.20. The van der Waals surface area contributed by atoms with Crippen LogP contribution in [-0.4, -0.2) is 33.9 Å². The lowest BCUT2D eigenvalue weighted by molar-refractivity contribution is 0.0994. The van der Waals surface area contributed by atoms with Crippen LogP contribution in [0.3, 0.4) is 0 Å². The van der Waals surface area contributed by atoms with Gasteiger partial charge in [-0.05, 0) is 32.6 Å². The Morgan fingerprint density at radius 1 is 1.28 bits per heavy atom. The van der Waals surface area contributed by atoms with E-state index in [1.165, 1.54) is 0 Å². The van der Waals surface area contributed by atoms with Gasteiger partial charge in [-0.15, -0.1) is 5.10 Å². The first-order valence-corrected chi connectivity index (χ1v) is 6.85. The summed E-state index contributed by atoms with van der Waals surface area (Å²) in [6, 6.07) is 0.228. The number of nitrogens with one attached hydrogen (secondary N) is 1. The molecule has 2 unspecified atom stereocenters. The van der Waals surface area contributed by atoms with E-state index in [0.29, 0.717) is 5.95 Å². The van der Waals surface area contributed by atoms with Crippen molar-refractivity contribution in [2.45, 2.75) is 58.6 Å². The fraction of sp³-hybridized carbons (Fsp3) is 0.769. The number of hydrogen-bond donors (Lipinski definition) is 1. The molecule has 0 spiro atoms. The van der Waals surface area contributed by atoms with Gasteiger partial charge in [0.25, 0.3) is 0 Å². The number of aryl methyl sites for hydroxylation is 2. The molecule has 1 fully saturated rings. The van der Waals surface area contributed by atoms with Gasteiger partial charge in [-0.1, -0.05) is 13.8 Å². The summed E-state index contributed by atoms with van der Waals surface area (Å²) >= 11 is 0. The minimum Gasteiger partial charge on any atom is -0.376 e. The Kier molecular flexibility index (Phi) is 4.47. The predicted molar refractivity (Wildman–Crippen MR) is 70.6 cm³/mol. The van der Waals surface area contributed by atoms with E-state index >= 15 is 0 Å². The highest BCUT2D eigenvalue weighted by Gasteiger charge is 2.23. The minimum atomic E-state index is 0.228. The summed E-state index contributed by atoms with van der Waals surface area (Å²) in [5, 5.41) is 11.7. The maximum Gasteiger partial charge on any atom is 0.243 e. The normalized spacial score (nSPS) is 20.9. The van der Waals surface area contributed by atoms with E-state index in [4.69, 9.17) is 4.74 Å². The van der Waals surface area contributed by atoms with Crippen molar-refractivity contribution in [3.05, 3.63) is 11.4 Å². The summed E-state index contributed by atoms with van der Waals surface area (Å²) in [7, 11) is 0. The highest BCUT2D eigenvalue weighted by Crippen LogP contribution is 2.17. The molecule has 5 nitrogen and oxygen atoms in total. The molecule has 0 aromatic carbocycles. The summed E-state index contributed by atoms with van der Waals surface area (Å²) in [6.45, 7) is 7.15. The van der Waals surface area contributed by atoms with E-state index in [-0.39, 0.29) is 12.1 Å². The smallest absolute Gasteiger partial charge is 0.243 e. The van der Waals surface area contributed by atoms with Gasteiger partial charge in [0.2, 0.25) is 5.95 Å². The van der Waals surface area contributed by atoms with E-state index in [9.17, 15) is 0 Å². The predicted octanol–water partition coefficient (Wildman–Crippen LogP) is 1.98. The fourth-order valence-corrected chi connectivity index (χ4v) is 2.29. The molecular weight excluding hydrogens is 228 g/mol. The van der Waals surface area contributed by atoms with Crippen molar-refractivity contribution in [1.29, 1.82) is 0 Å². The average molecular weight is 250 g/mol. The first kappa shape index (κ1) is 13.2. The highest BCUT2D eigenvalue weighted by molar-refractivity contribution is 5.27. The van der Waals surface area contributed by atoms with Crippen LogP contribution in [0.4, 0.5) is 5.95 Å². The van der Waals surface area contributed by atoms with E-state index < -0.39 is 0 Å². The molecule has 0 amide bonds. The second-order valence-corrected chi connectivity index (χ2v) is 4.72. The Hall–Kier alpha value is -1.23. The fourth-order valence-electron chi connectivity index (χ4n) is 2.29. The molecule has 2 atom stereocenters. The third-order valence-corrected chi connectivity index (χ3v) is 3.39. The van der Waals surface area contributed by atoms with Crippen molar-refractivity contribution in [2.24, 2.45) is 0 Å². The SMILES string of the molecule is CCc1nnc(NC(C)C2CCCO2)nc1CC. The van der Waals surface area contributed by atoms with Crippen molar-refractivity contribution in [2.75, 3.05) is 11.9 Å². The van der Waals surface area contributed by atoms with E-state index in [1.54, 1.807) is 0 Å². The van der Waals surface area contributed by atoms with Crippen LogP contribution in [-0.2, 0) is 17.6 Å². The van der Waals surface area contributed by atoms with Gasteiger partial charge in [0.15, 0.2) is 0 Å². The molecule has 1 aliphatic rings. The molecule has 1 saturated heterocycles. The number of ether oxygens (including phenoxy) is 1. The van der Waals surface area contributed by atoms with Crippen LogP contribution in [0.15, 0.2) is 0 Å². The van der Waals surface area contributed by atoms with Crippen LogP contribution in [0.5, 0.6) is 0 Å². The van der Waals surface area contributed by atoms with Crippen LogP contribution in [0.1, 0.15) is 45.0 Å². The quantitative estimate of drug-likeness (QED) is 0.865. The van der Waals surface area contributed by atoms with Crippen LogP contribution in [0, 0.1) is 0 Å². The summed E-state index contributed by atoms with van der Waals surface area (Å²) in [5.74, 6) is 0.618. The second kappa shape index (κ2) is 6.09. The van der Waals surface area contributed by atoms with Gasteiger partial charge in [-0.25, -0.2) is 4.98 Å². The van der Waals surface area contributed by atoms with Crippen LogP contribution in [0.2, 0.25) is 0 Å². The zero-order valence-electron chi connectivity index (χ0n) is 11.4. The van der Waals surface area contributed by atoms with Gasteiger partial charge < -0.3 is 10.1 Å². The third kappa shape index (κ3) is 2.96. The van der Waals surface area contributed by atoms with Crippen molar-refractivity contribution < 1.29 is 4.74 Å². The largest absolute Gasteiger partial charge is 0.376 e.